The minimum absolute atomic E-state index is 0.117. The fourth-order valence-electron chi connectivity index (χ4n) is 1.27. The molecule has 0 aromatic heterocycles. The van der Waals surface area contributed by atoms with Gasteiger partial charge < -0.3 is 9.84 Å². The van der Waals surface area contributed by atoms with Crippen LogP contribution in [0.4, 0.5) is 0 Å². The Morgan fingerprint density at radius 2 is 1.92 bits per heavy atom. The van der Waals surface area contributed by atoms with E-state index >= 15 is 0 Å². The second kappa shape index (κ2) is 6.17. The van der Waals surface area contributed by atoms with Crippen LogP contribution in [0, 0.1) is 5.41 Å². The Kier molecular flexibility index (Phi) is 6.00. The largest absolute Gasteiger partial charge is 0.392 e. The lowest BCUT2D eigenvalue weighted by Gasteiger charge is -2.24. The Morgan fingerprint density at radius 1 is 1.31 bits per heavy atom. The zero-order chi connectivity index (χ0) is 10.3. The molecule has 0 rings (SSSR count). The fraction of sp³-hybridized carbons (Fsp3) is 0.818. The van der Waals surface area contributed by atoms with Crippen molar-refractivity contribution in [1.82, 2.24) is 0 Å². The van der Waals surface area contributed by atoms with Gasteiger partial charge in [0.25, 0.3) is 0 Å². The lowest BCUT2D eigenvalue weighted by Crippen LogP contribution is -2.19. The Hall–Kier alpha value is -0.340. The topological polar surface area (TPSA) is 29.5 Å². The van der Waals surface area contributed by atoms with Gasteiger partial charge in [-0.2, -0.15) is 0 Å². The first-order valence-corrected chi connectivity index (χ1v) is 4.78. The highest BCUT2D eigenvalue weighted by Crippen LogP contribution is 2.23. The lowest BCUT2D eigenvalue weighted by atomic mass is 9.88. The molecule has 1 unspecified atom stereocenters. The van der Waals surface area contributed by atoms with Gasteiger partial charge in [0.1, 0.15) is 0 Å². The quantitative estimate of drug-likeness (QED) is 0.668. The van der Waals surface area contributed by atoms with E-state index in [0.717, 1.165) is 12.8 Å². The lowest BCUT2D eigenvalue weighted by molar-refractivity contribution is 0.0685. The summed E-state index contributed by atoms with van der Waals surface area (Å²) in [5, 5.41) is 8.56. The number of aliphatic hydroxyl groups excluding tert-OH is 1. The van der Waals surface area contributed by atoms with Crippen molar-refractivity contribution >= 4 is 0 Å². The van der Waals surface area contributed by atoms with E-state index in [4.69, 9.17) is 9.84 Å². The van der Waals surface area contributed by atoms with E-state index in [1.54, 1.807) is 13.2 Å². The van der Waals surface area contributed by atoms with Gasteiger partial charge in [-0.15, -0.1) is 0 Å². The molecule has 0 aliphatic rings. The van der Waals surface area contributed by atoms with E-state index in [1.807, 2.05) is 6.08 Å². The number of aliphatic hydroxyl groups is 1. The number of rotatable bonds is 5. The third-order valence-electron chi connectivity index (χ3n) is 1.84. The van der Waals surface area contributed by atoms with Crippen LogP contribution >= 0.6 is 0 Å². The van der Waals surface area contributed by atoms with Crippen molar-refractivity contribution in [3.63, 3.8) is 0 Å². The molecule has 0 bridgehead atoms. The molecule has 0 heterocycles. The first kappa shape index (κ1) is 12.7. The summed E-state index contributed by atoms with van der Waals surface area (Å²) in [6.07, 6.45) is 5.92. The van der Waals surface area contributed by atoms with Crippen LogP contribution in [-0.2, 0) is 4.74 Å². The van der Waals surface area contributed by atoms with Gasteiger partial charge in [0, 0.05) is 7.11 Å². The zero-order valence-electron chi connectivity index (χ0n) is 9.21. The molecule has 1 N–H and O–H groups in total. The summed E-state index contributed by atoms with van der Waals surface area (Å²) < 4.78 is 5.34. The minimum atomic E-state index is 0.117. The van der Waals surface area contributed by atoms with Crippen LogP contribution in [0.3, 0.4) is 0 Å². The highest BCUT2D eigenvalue weighted by Gasteiger charge is 2.16. The second-order valence-electron chi connectivity index (χ2n) is 4.51. The van der Waals surface area contributed by atoms with Crippen LogP contribution in [0.15, 0.2) is 12.2 Å². The van der Waals surface area contributed by atoms with Gasteiger partial charge in [-0.1, -0.05) is 32.9 Å². The van der Waals surface area contributed by atoms with E-state index in [1.165, 1.54) is 0 Å². The van der Waals surface area contributed by atoms with E-state index < -0.39 is 0 Å². The summed E-state index contributed by atoms with van der Waals surface area (Å²) in [6, 6.07) is 0. The SMILES string of the molecule is COC(C/C=C/CO)CC(C)(C)C. The van der Waals surface area contributed by atoms with Gasteiger partial charge in [-0.05, 0) is 18.3 Å². The maximum Gasteiger partial charge on any atom is 0.0612 e. The molecule has 0 saturated heterocycles. The third-order valence-corrected chi connectivity index (χ3v) is 1.84. The molecule has 0 aromatic rings. The number of hydrogen-bond donors (Lipinski definition) is 1. The van der Waals surface area contributed by atoms with Gasteiger partial charge in [0.15, 0.2) is 0 Å². The molecule has 0 fully saturated rings. The van der Waals surface area contributed by atoms with Crippen molar-refractivity contribution in [3.8, 4) is 0 Å². The summed E-state index contributed by atoms with van der Waals surface area (Å²) in [6.45, 7) is 6.73. The summed E-state index contributed by atoms with van der Waals surface area (Å²) in [5.74, 6) is 0. The Bertz CT molecular complexity index is 145. The van der Waals surface area contributed by atoms with Crippen molar-refractivity contribution in [2.24, 2.45) is 5.41 Å². The monoisotopic (exact) mass is 186 g/mol. The predicted octanol–water partition coefficient (Wildman–Crippen LogP) is 2.38. The summed E-state index contributed by atoms with van der Waals surface area (Å²) in [7, 11) is 1.74. The van der Waals surface area contributed by atoms with Crippen molar-refractivity contribution in [3.05, 3.63) is 12.2 Å². The first-order valence-electron chi connectivity index (χ1n) is 4.78. The molecule has 13 heavy (non-hydrogen) atoms. The van der Waals surface area contributed by atoms with Crippen molar-refractivity contribution in [1.29, 1.82) is 0 Å². The molecule has 2 heteroatoms. The Balaban J connectivity index is 3.83. The van der Waals surface area contributed by atoms with Crippen LogP contribution in [0.5, 0.6) is 0 Å². The Labute approximate surface area is 81.6 Å². The highest BCUT2D eigenvalue weighted by molar-refractivity contribution is 4.85. The van der Waals surface area contributed by atoms with Crippen LogP contribution in [0.2, 0.25) is 0 Å². The van der Waals surface area contributed by atoms with E-state index in [9.17, 15) is 0 Å². The van der Waals surface area contributed by atoms with Crippen LogP contribution < -0.4 is 0 Å². The Morgan fingerprint density at radius 3 is 2.31 bits per heavy atom. The number of hydrogen-bond acceptors (Lipinski definition) is 2. The second-order valence-corrected chi connectivity index (χ2v) is 4.51. The highest BCUT2D eigenvalue weighted by atomic mass is 16.5. The van der Waals surface area contributed by atoms with Crippen LogP contribution in [-0.4, -0.2) is 24.9 Å². The van der Waals surface area contributed by atoms with Crippen LogP contribution in [0.25, 0.3) is 0 Å². The number of methoxy groups -OCH3 is 1. The smallest absolute Gasteiger partial charge is 0.0612 e. The van der Waals surface area contributed by atoms with Crippen molar-refractivity contribution in [2.45, 2.75) is 39.7 Å². The third kappa shape index (κ3) is 8.00. The van der Waals surface area contributed by atoms with Gasteiger partial charge in [-0.3, -0.25) is 0 Å². The molecule has 0 amide bonds. The average Bonchev–Trinajstić information content (AvgIpc) is 2.01. The molecular weight excluding hydrogens is 164 g/mol. The van der Waals surface area contributed by atoms with E-state index in [0.29, 0.717) is 5.41 Å². The molecule has 0 spiro atoms. The molecule has 1 atom stereocenters. The molecule has 0 saturated carbocycles. The predicted molar refractivity (Wildman–Crippen MR) is 55.7 cm³/mol. The van der Waals surface area contributed by atoms with Crippen LogP contribution in [0.1, 0.15) is 33.6 Å². The van der Waals surface area contributed by atoms with Crippen molar-refractivity contribution < 1.29 is 9.84 Å². The first-order chi connectivity index (χ1) is 5.99. The average molecular weight is 186 g/mol. The molecule has 78 valence electrons. The molecule has 0 aliphatic heterocycles. The molecule has 0 radical (unpaired) electrons. The molecule has 0 aliphatic carbocycles. The standard InChI is InChI=1S/C11H22O2/c1-11(2,3)9-10(13-4)7-5-6-8-12/h5-6,10,12H,7-9H2,1-4H3/b6-5+. The maximum atomic E-state index is 8.56. The minimum Gasteiger partial charge on any atom is -0.392 e. The van der Waals surface area contributed by atoms with Gasteiger partial charge in [0.2, 0.25) is 0 Å². The van der Waals surface area contributed by atoms with Crippen molar-refractivity contribution in [2.75, 3.05) is 13.7 Å². The molecule has 2 nitrogen and oxygen atoms in total. The van der Waals surface area contributed by atoms with Gasteiger partial charge >= 0.3 is 0 Å². The van der Waals surface area contributed by atoms with Gasteiger partial charge in [0.05, 0.1) is 12.7 Å². The summed E-state index contributed by atoms with van der Waals surface area (Å²) in [4.78, 5) is 0. The molecular formula is C11H22O2. The maximum absolute atomic E-state index is 8.56. The normalized spacial score (nSPS) is 15.2. The number of ether oxygens (including phenoxy) is 1. The fourth-order valence-corrected chi connectivity index (χ4v) is 1.27. The zero-order valence-corrected chi connectivity index (χ0v) is 9.21. The van der Waals surface area contributed by atoms with Gasteiger partial charge in [-0.25, -0.2) is 0 Å². The van der Waals surface area contributed by atoms with E-state index in [-0.39, 0.29) is 12.7 Å². The van der Waals surface area contributed by atoms with E-state index in [2.05, 4.69) is 20.8 Å². The summed E-state index contributed by atoms with van der Waals surface area (Å²) in [5.41, 5.74) is 0.299. The molecule has 0 aromatic carbocycles. The summed E-state index contributed by atoms with van der Waals surface area (Å²) >= 11 is 0.